The summed E-state index contributed by atoms with van der Waals surface area (Å²) < 4.78 is 0. The zero-order valence-electron chi connectivity index (χ0n) is 10.9. The summed E-state index contributed by atoms with van der Waals surface area (Å²) in [6.07, 6.45) is 2.07. The number of hydrogen-bond acceptors (Lipinski definition) is 3. The standard InChI is InChI=1S/C14H18ClNO3/c1-2-14(13(18)19)6-3-7-16(14)9-10-8-11(15)4-5-12(10)17/h4-5,8,17H,2-3,6-7,9H2,1H3,(H,18,19). The molecule has 0 spiro atoms. The molecule has 19 heavy (non-hydrogen) atoms. The van der Waals surface area contributed by atoms with Gasteiger partial charge < -0.3 is 10.2 Å². The molecule has 0 bridgehead atoms. The Kier molecular flexibility index (Phi) is 4.02. The van der Waals surface area contributed by atoms with Crippen LogP contribution >= 0.6 is 11.6 Å². The fraction of sp³-hybridized carbons (Fsp3) is 0.500. The Morgan fingerprint density at radius 2 is 2.26 bits per heavy atom. The highest BCUT2D eigenvalue weighted by atomic mass is 35.5. The van der Waals surface area contributed by atoms with E-state index >= 15 is 0 Å². The third-order valence-electron chi connectivity index (χ3n) is 4.01. The third-order valence-corrected chi connectivity index (χ3v) is 4.24. The number of nitrogens with zero attached hydrogens (tertiary/aromatic N) is 1. The molecule has 0 saturated carbocycles. The van der Waals surface area contributed by atoms with Crippen LogP contribution in [0.15, 0.2) is 18.2 Å². The van der Waals surface area contributed by atoms with Crippen LogP contribution in [0.25, 0.3) is 0 Å². The maximum atomic E-state index is 11.6. The number of phenolic OH excluding ortho intramolecular Hbond substituents is 1. The van der Waals surface area contributed by atoms with E-state index in [-0.39, 0.29) is 5.75 Å². The molecule has 2 rings (SSSR count). The Morgan fingerprint density at radius 3 is 2.89 bits per heavy atom. The van der Waals surface area contributed by atoms with E-state index in [0.29, 0.717) is 30.0 Å². The first kappa shape index (κ1) is 14.2. The zero-order chi connectivity index (χ0) is 14.0. The highest BCUT2D eigenvalue weighted by Crippen LogP contribution is 2.35. The van der Waals surface area contributed by atoms with E-state index in [9.17, 15) is 15.0 Å². The normalized spacial score (nSPS) is 23.7. The van der Waals surface area contributed by atoms with Gasteiger partial charge in [0, 0.05) is 17.1 Å². The Hall–Kier alpha value is -1.26. The lowest BCUT2D eigenvalue weighted by atomic mass is 9.92. The molecule has 0 aliphatic carbocycles. The third kappa shape index (κ3) is 2.55. The molecule has 1 heterocycles. The summed E-state index contributed by atoms with van der Waals surface area (Å²) in [5.41, 5.74) is -0.136. The van der Waals surface area contributed by atoms with Gasteiger partial charge in [-0.15, -0.1) is 0 Å². The Labute approximate surface area is 117 Å². The van der Waals surface area contributed by atoms with Crippen molar-refractivity contribution in [2.75, 3.05) is 6.54 Å². The average molecular weight is 284 g/mol. The number of rotatable bonds is 4. The van der Waals surface area contributed by atoms with Crippen LogP contribution in [-0.4, -0.2) is 33.2 Å². The minimum absolute atomic E-state index is 0.159. The van der Waals surface area contributed by atoms with Crippen LogP contribution in [0, 0.1) is 0 Å². The van der Waals surface area contributed by atoms with Gasteiger partial charge in [0.25, 0.3) is 0 Å². The second-order valence-corrected chi connectivity index (χ2v) is 5.42. The van der Waals surface area contributed by atoms with Crippen molar-refractivity contribution < 1.29 is 15.0 Å². The number of likely N-dealkylation sites (tertiary alicyclic amines) is 1. The topological polar surface area (TPSA) is 60.8 Å². The van der Waals surface area contributed by atoms with Crippen LogP contribution in [-0.2, 0) is 11.3 Å². The predicted octanol–water partition coefficient (Wildman–Crippen LogP) is 2.87. The first-order chi connectivity index (χ1) is 8.99. The van der Waals surface area contributed by atoms with E-state index in [1.165, 1.54) is 0 Å². The van der Waals surface area contributed by atoms with Gasteiger partial charge in [-0.05, 0) is 44.0 Å². The van der Waals surface area contributed by atoms with Crippen molar-refractivity contribution in [3.63, 3.8) is 0 Å². The van der Waals surface area contributed by atoms with E-state index < -0.39 is 11.5 Å². The number of hydrogen-bond donors (Lipinski definition) is 2. The van der Waals surface area contributed by atoms with Gasteiger partial charge in [-0.25, -0.2) is 0 Å². The molecular weight excluding hydrogens is 266 g/mol. The number of carboxylic acid groups (broad SMARTS) is 1. The van der Waals surface area contributed by atoms with E-state index in [1.807, 2.05) is 11.8 Å². The van der Waals surface area contributed by atoms with Gasteiger partial charge in [-0.2, -0.15) is 0 Å². The van der Waals surface area contributed by atoms with Gasteiger partial charge in [-0.1, -0.05) is 18.5 Å². The molecule has 4 nitrogen and oxygen atoms in total. The van der Waals surface area contributed by atoms with Crippen molar-refractivity contribution in [2.45, 2.75) is 38.3 Å². The molecule has 1 unspecified atom stereocenters. The fourth-order valence-electron chi connectivity index (χ4n) is 2.85. The van der Waals surface area contributed by atoms with Crippen molar-refractivity contribution in [3.8, 4) is 5.75 Å². The van der Waals surface area contributed by atoms with Crippen LogP contribution in [0.3, 0.4) is 0 Å². The summed E-state index contributed by atoms with van der Waals surface area (Å²) in [6, 6.07) is 4.86. The molecule has 1 aliphatic rings. The van der Waals surface area contributed by atoms with Gasteiger partial charge >= 0.3 is 5.97 Å². The minimum Gasteiger partial charge on any atom is -0.508 e. The van der Waals surface area contributed by atoms with Gasteiger partial charge in [-0.3, -0.25) is 9.69 Å². The van der Waals surface area contributed by atoms with Crippen molar-refractivity contribution in [1.82, 2.24) is 4.90 Å². The lowest BCUT2D eigenvalue weighted by Crippen LogP contribution is -2.49. The van der Waals surface area contributed by atoms with Crippen molar-refractivity contribution in [2.24, 2.45) is 0 Å². The van der Waals surface area contributed by atoms with E-state index in [2.05, 4.69) is 0 Å². The molecule has 0 amide bonds. The first-order valence-corrected chi connectivity index (χ1v) is 6.83. The molecule has 2 N–H and O–H groups in total. The number of benzene rings is 1. The van der Waals surface area contributed by atoms with Gasteiger partial charge in [0.15, 0.2) is 0 Å². The van der Waals surface area contributed by atoms with E-state index in [4.69, 9.17) is 11.6 Å². The second-order valence-electron chi connectivity index (χ2n) is 4.99. The number of phenols is 1. The average Bonchev–Trinajstić information content (AvgIpc) is 2.78. The molecular formula is C14H18ClNO3. The minimum atomic E-state index is -0.811. The van der Waals surface area contributed by atoms with Crippen molar-refractivity contribution >= 4 is 17.6 Å². The lowest BCUT2D eigenvalue weighted by Gasteiger charge is -2.34. The predicted molar refractivity (Wildman–Crippen MR) is 73.4 cm³/mol. The second kappa shape index (κ2) is 5.39. The first-order valence-electron chi connectivity index (χ1n) is 6.45. The highest BCUT2D eigenvalue weighted by molar-refractivity contribution is 6.30. The SMILES string of the molecule is CCC1(C(=O)O)CCCN1Cc1cc(Cl)ccc1O. The van der Waals surface area contributed by atoms with Crippen LogP contribution in [0.2, 0.25) is 5.02 Å². The summed E-state index contributed by atoms with van der Waals surface area (Å²) >= 11 is 5.92. The molecule has 1 aliphatic heterocycles. The van der Waals surface area contributed by atoms with Crippen molar-refractivity contribution in [3.05, 3.63) is 28.8 Å². The largest absolute Gasteiger partial charge is 0.508 e. The molecule has 1 saturated heterocycles. The maximum Gasteiger partial charge on any atom is 0.324 e. The van der Waals surface area contributed by atoms with E-state index in [0.717, 1.165) is 13.0 Å². The van der Waals surface area contributed by atoms with Crippen molar-refractivity contribution in [1.29, 1.82) is 0 Å². The molecule has 1 atom stereocenters. The number of carbonyl (C=O) groups is 1. The highest BCUT2D eigenvalue weighted by Gasteiger charge is 2.46. The Morgan fingerprint density at radius 1 is 1.53 bits per heavy atom. The zero-order valence-corrected chi connectivity index (χ0v) is 11.7. The molecule has 1 aromatic rings. The molecule has 1 fully saturated rings. The lowest BCUT2D eigenvalue weighted by molar-refractivity contribution is -0.150. The summed E-state index contributed by atoms with van der Waals surface area (Å²) in [5.74, 6) is -0.624. The summed E-state index contributed by atoms with van der Waals surface area (Å²) in [6.45, 7) is 3.03. The smallest absolute Gasteiger partial charge is 0.324 e. The summed E-state index contributed by atoms with van der Waals surface area (Å²) in [5, 5.41) is 19.9. The molecule has 1 aromatic carbocycles. The summed E-state index contributed by atoms with van der Waals surface area (Å²) in [4.78, 5) is 13.5. The monoisotopic (exact) mass is 283 g/mol. The van der Waals surface area contributed by atoms with Gasteiger partial charge in [0.2, 0.25) is 0 Å². The van der Waals surface area contributed by atoms with Crippen LogP contribution in [0.4, 0.5) is 0 Å². The summed E-state index contributed by atoms with van der Waals surface area (Å²) in [7, 11) is 0. The molecule has 0 radical (unpaired) electrons. The Balaban J connectivity index is 2.27. The number of carboxylic acids is 1. The molecule has 104 valence electrons. The number of halogens is 1. The maximum absolute atomic E-state index is 11.6. The van der Waals surface area contributed by atoms with Crippen LogP contribution in [0.1, 0.15) is 31.7 Å². The molecule has 0 aromatic heterocycles. The van der Waals surface area contributed by atoms with E-state index in [1.54, 1.807) is 18.2 Å². The quantitative estimate of drug-likeness (QED) is 0.892. The molecule has 5 heteroatoms. The number of aliphatic carboxylic acids is 1. The fourth-order valence-corrected chi connectivity index (χ4v) is 3.04. The van der Waals surface area contributed by atoms with Gasteiger partial charge in [0.1, 0.15) is 11.3 Å². The Bertz CT molecular complexity index is 492. The van der Waals surface area contributed by atoms with Crippen LogP contribution < -0.4 is 0 Å². The number of aromatic hydroxyl groups is 1. The van der Waals surface area contributed by atoms with Gasteiger partial charge in [0.05, 0.1) is 0 Å². The van der Waals surface area contributed by atoms with Crippen LogP contribution in [0.5, 0.6) is 5.75 Å².